The van der Waals surface area contributed by atoms with Crippen LogP contribution in [0, 0.1) is 6.92 Å². The molecule has 4 heteroatoms. The van der Waals surface area contributed by atoms with Gasteiger partial charge in [-0.05, 0) is 69.0 Å². The molecule has 1 aliphatic rings. The van der Waals surface area contributed by atoms with E-state index in [2.05, 4.69) is 39.8 Å². The van der Waals surface area contributed by atoms with E-state index in [0.717, 1.165) is 30.0 Å². The Labute approximate surface area is 150 Å². The highest BCUT2D eigenvalue weighted by Gasteiger charge is 2.14. The number of piperidine rings is 1. The van der Waals surface area contributed by atoms with Crippen molar-refractivity contribution in [2.75, 3.05) is 28.6 Å². The van der Waals surface area contributed by atoms with E-state index >= 15 is 0 Å². The summed E-state index contributed by atoms with van der Waals surface area (Å²) in [6.45, 7) is 6.16. The van der Waals surface area contributed by atoms with Crippen LogP contribution in [-0.2, 0) is 4.79 Å². The Balaban J connectivity index is 1.57. The van der Waals surface area contributed by atoms with Gasteiger partial charge in [0.05, 0.1) is 0 Å². The van der Waals surface area contributed by atoms with Crippen molar-refractivity contribution in [2.45, 2.75) is 39.2 Å². The zero-order valence-corrected chi connectivity index (χ0v) is 15.1. The predicted octanol–water partition coefficient (Wildman–Crippen LogP) is 4.42. The molecule has 0 spiro atoms. The van der Waals surface area contributed by atoms with E-state index < -0.39 is 0 Å². The van der Waals surface area contributed by atoms with Gasteiger partial charge in [0, 0.05) is 30.2 Å². The molecule has 2 aromatic rings. The molecule has 1 amide bonds. The summed E-state index contributed by atoms with van der Waals surface area (Å²) < 4.78 is 0. The molecular formula is C21H27N3O. The van der Waals surface area contributed by atoms with Crippen LogP contribution < -0.4 is 15.5 Å². The largest absolute Gasteiger partial charge is 0.374 e. The zero-order chi connectivity index (χ0) is 17.6. The average molecular weight is 337 g/mol. The number of hydrogen-bond acceptors (Lipinski definition) is 3. The molecule has 132 valence electrons. The first-order valence-electron chi connectivity index (χ1n) is 9.11. The minimum atomic E-state index is -0.305. The molecule has 1 saturated heterocycles. The fraction of sp³-hybridized carbons (Fsp3) is 0.381. The molecule has 25 heavy (non-hydrogen) atoms. The monoisotopic (exact) mass is 337 g/mol. The quantitative estimate of drug-likeness (QED) is 0.848. The molecule has 4 nitrogen and oxygen atoms in total. The molecule has 1 atom stereocenters. The lowest BCUT2D eigenvalue weighted by Crippen LogP contribution is -2.32. The molecule has 1 aliphatic heterocycles. The fourth-order valence-electron chi connectivity index (χ4n) is 3.19. The number of benzene rings is 2. The van der Waals surface area contributed by atoms with Crippen molar-refractivity contribution >= 4 is 23.0 Å². The van der Waals surface area contributed by atoms with E-state index in [4.69, 9.17) is 0 Å². The summed E-state index contributed by atoms with van der Waals surface area (Å²) in [4.78, 5) is 14.8. The lowest BCUT2D eigenvalue weighted by molar-refractivity contribution is -0.116. The van der Waals surface area contributed by atoms with Gasteiger partial charge in [0.1, 0.15) is 6.04 Å². The van der Waals surface area contributed by atoms with Crippen molar-refractivity contribution in [1.82, 2.24) is 0 Å². The number of carbonyl (C=O) groups excluding carboxylic acids is 1. The molecule has 1 heterocycles. The molecule has 0 bridgehead atoms. The van der Waals surface area contributed by atoms with Gasteiger partial charge in [0.15, 0.2) is 0 Å². The van der Waals surface area contributed by atoms with Crippen LogP contribution in [0.1, 0.15) is 31.7 Å². The van der Waals surface area contributed by atoms with Crippen molar-refractivity contribution in [3.63, 3.8) is 0 Å². The number of nitrogens with zero attached hydrogens (tertiary/aromatic N) is 1. The second kappa shape index (κ2) is 8.06. The summed E-state index contributed by atoms with van der Waals surface area (Å²) in [7, 11) is 0. The predicted molar refractivity (Wildman–Crippen MR) is 105 cm³/mol. The molecule has 3 rings (SSSR count). The molecule has 0 radical (unpaired) electrons. The normalized spacial score (nSPS) is 15.5. The van der Waals surface area contributed by atoms with Crippen molar-refractivity contribution in [1.29, 1.82) is 0 Å². The van der Waals surface area contributed by atoms with Crippen LogP contribution >= 0.6 is 0 Å². The Hall–Kier alpha value is -2.49. The van der Waals surface area contributed by atoms with Crippen LogP contribution in [0.4, 0.5) is 17.1 Å². The highest BCUT2D eigenvalue weighted by atomic mass is 16.2. The summed E-state index contributed by atoms with van der Waals surface area (Å²) in [6, 6.07) is 15.9. The SMILES string of the molecule is Cc1ccccc1NC(=O)[C@H](C)Nc1ccc(N2CCCCC2)cc1. The topological polar surface area (TPSA) is 44.4 Å². The Morgan fingerprint density at radius 1 is 1.00 bits per heavy atom. The smallest absolute Gasteiger partial charge is 0.246 e. The Morgan fingerprint density at radius 3 is 2.36 bits per heavy atom. The molecular weight excluding hydrogens is 310 g/mol. The minimum Gasteiger partial charge on any atom is -0.374 e. The third-order valence-electron chi connectivity index (χ3n) is 4.77. The first kappa shape index (κ1) is 17.3. The Bertz CT molecular complexity index is 705. The summed E-state index contributed by atoms with van der Waals surface area (Å²) >= 11 is 0. The van der Waals surface area contributed by atoms with Gasteiger partial charge in [-0.25, -0.2) is 0 Å². The highest BCUT2D eigenvalue weighted by Crippen LogP contribution is 2.22. The molecule has 0 saturated carbocycles. The first-order valence-corrected chi connectivity index (χ1v) is 9.11. The van der Waals surface area contributed by atoms with E-state index in [-0.39, 0.29) is 11.9 Å². The molecule has 0 aromatic heterocycles. The summed E-state index contributed by atoms with van der Waals surface area (Å²) in [5.74, 6) is -0.0330. The van der Waals surface area contributed by atoms with Crippen LogP contribution in [0.5, 0.6) is 0 Å². The van der Waals surface area contributed by atoms with Gasteiger partial charge in [-0.1, -0.05) is 18.2 Å². The number of rotatable bonds is 5. The third-order valence-corrected chi connectivity index (χ3v) is 4.77. The van der Waals surface area contributed by atoms with E-state index in [0.29, 0.717) is 0 Å². The van der Waals surface area contributed by atoms with Gasteiger partial charge in [0.25, 0.3) is 0 Å². The van der Waals surface area contributed by atoms with Crippen LogP contribution in [0.3, 0.4) is 0 Å². The second-order valence-electron chi connectivity index (χ2n) is 6.76. The van der Waals surface area contributed by atoms with E-state index in [1.807, 2.05) is 38.1 Å². The molecule has 0 unspecified atom stereocenters. The van der Waals surface area contributed by atoms with Gasteiger partial charge in [-0.3, -0.25) is 4.79 Å². The average Bonchev–Trinajstić information content (AvgIpc) is 2.65. The minimum absolute atomic E-state index is 0.0330. The lowest BCUT2D eigenvalue weighted by atomic mass is 10.1. The maximum absolute atomic E-state index is 12.4. The standard InChI is InChI=1S/C21H27N3O/c1-16-8-4-5-9-20(16)23-21(25)17(2)22-18-10-12-19(13-11-18)24-14-6-3-7-15-24/h4-5,8-13,17,22H,3,6-7,14-15H2,1-2H3,(H,23,25)/t17-/m0/s1. The molecule has 1 fully saturated rings. The van der Waals surface area contributed by atoms with Gasteiger partial charge in [0.2, 0.25) is 5.91 Å². The van der Waals surface area contributed by atoms with Gasteiger partial charge < -0.3 is 15.5 Å². The molecule has 2 aromatic carbocycles. The van der Waals surface area contributed by atoms with Gasteiger partial charge in [-0.2, -0.15) is 0 Å². The summed E-state index contributed by atoms with van der Waals surface area (Å²) in [6.07, 6.45) is 3.88. The summed E-state index contributed by atoms with van der Waals surface area (Å²) in [5.41, 5.74) is 4.16. The van der Waals surface area contributed by atoms with E-state index in [1.165, 1.54) is 24.9 Å². The first-order chi connectivity index (χ1) is 12.1. The maximum atomic E-state index is 12.4. The van der Waals surface area contributed by atoms with E-state index in [1.54, 1.807) is 0 Å². The second-order valence-corrected chi connectivity index (χ2v) is 6.76. The number of nitrogens with one attached hydrogen (secondary N) is 2. The zero-order valence-electron chi connectivity index (χ0n) is 15.1. The number of amides is 1. The van der Waals surface area contributed by atoms with Gasteiger partial charge in [-0.15, -0.1) is 0 Å². The Kier molecular flexibility index (Phi) is 5.59. The van der Waals surface area contributed by atoms with Crippen LogP contribution in [0.15, 0.2) is 48.5 Å². The van der Waals surface area contributed by atoms with Crippen molar-refractivity contribution in [3.05, 3.63) is 54.1 Å². The third kappa shape index (κ3) is 4.53. The van der Waals surface area contributed by atoms with Crippen molar-refractivity contribution < 1.29 is 4.79 Å². The number of para-hydroxylation sites is 1. The Morgan fingerprint density at radius 2 is 1.68 bits per heavy atom. The number of carbonyl (C=O) groups is 1. The highest BCUT2D eigenvalue weighted by molar-refractivity contribution is 5.96. The number of anilines is 3. The van der Waals surface area contributed by atoms with Crippen LogP contribution in [0.25, 0.3) is 0 Å². The van der Waals surface area contributed by atoms with E-state index in [9.17, 15) is 4.79 Å². The maximum Gasteiger partial charge on any atom is 0.246 e. The van der Waals surface area contributed by atoms with Crippen LogP contribution in [-0.4, -0.2) is 25.0 Å². The summed E-state index contributed by atoms with van der Waals surface area (Å²) in [5, 5.41) is 6.26. The van der Waals surface area contributed by atoms with Crippen molar-refractivity contribution in [3.8, 4) is 0 Å². The fourth-order valence-corrected chi connectivity index (χ4v) is 3.19. The van der Waals surface area contributed by atoms with Gasteiger partial charge >= 0.3 is 0 Å². The number of hydrogen-bond donors (Lipinski definition) is 2. The number of aryl methyl sites for hydroxylation is 1. The molecule has 2 N–H and O–H groups in total. The van der Waals surface area contributed by atoms with Crippen LogP contribution in [0.2, 0.25) is 0 Å². The van der Waals surface area contributed by atoms with Crippen molar-refractivity contribution in [2.24, 2.45) is 0 Å². The molecule has 0 aliphatic carbocycles. The lowest BCUT2D eigenvalue weighted by Gasteiger charge is -2.29.